The molecule has 0 spiro atoms. The van der Waals surface area contributed by atoms with E-state index in [-0.39, 0.29) is 0 Å². The van der Waals surface area contributed by atoms with Crippen molar-refractivity contribution in [2.45, 2.75) is 12.5 Å². The smallest absolute Gasteiger partial charge is 0.0672 e. The first-order valence-corrected chi connectivity index (χ1v) is 7.91. The summed E-state index contributed by atoms with van der Waals surface area (Å²) >= 11 is 6.23. The lowest BCUT2D eigenvalue weighted by Crippen LogP contribution is -2.46. The summed E-state index contributed by atoms with van der Waals surface area (Å²) in [6, 6.07) is 15.7. The Hall–Kier alpha value is -1.51. The molecule has 2 aliphatic heterocycles. The molecule has 2 heterocycles. The summed E-state index contributed by atoms with van der Waals surface area (Å²) in [7, 11) is 2.22. The Morgan fingerprint density at radius 1 is 1.05 bits per heavy atom. The Kier molecular flexibility index (Phi) is 3.16. The Morgan fingerprint density at radius 3 is 2.81 bits per heavy atom. The van der Waals surface area contributed by atoms with Crippen molar-refractivity contribution in [1.82, 2.24) is 4.90 Å². The summed E-state index contributed by atoms with van der Waals surface area (Å²) in [4.78, 5) is 5.00. The van der Waals surface area contributed by atoms with E-state index in [4.69, 9.17) is 11.6 Å². The molecule has 0 amide bonds. The SMILES string of the molecule is CN1CCN2c3ccc(Cl)cc3Cc3ccccc3C2C1. The Labute approximate surface area is 130 Å². The molecule has 1 unspecified atom stereocenters. The fourth-order valence-electron chi connectivity index (χ4n) is 3.68. The molecular formula is C18H19ClN2. The van der Waals surface area contributed by atoms with Crippen molar-refractivity contribution in [3.8, 4) is 0 Å². The number of nitrogens with zero attached hydrogens (tertiary/aromatic N) is 2. The van der Waals surface area contributed by atoms with Crippen LogP contribution in [0.25, 0.3) is 0 Å². The molecule has 21 heavy (non-hydrogen) atoms. The van der Waals surface area contributed by atoms with Gasteiger partial charge < -0.3 is 9.80 Å². The lowest BCUT2D eigenvalue weighted by Gasteiger charge is -2.41. The van der Waals surface area contributed by atoms with E-state index in [1.807, 2.05) is 6.07 Å². The molecule has 1 saturated heterocycles. The van der Waals surface area contributed by atoms with Crippen LogP contribution in [0.2, 0.25) is 5.02 Å². The van der Waals surface area contributed by atoms with Crippen molar-refractivity contribution in [3.63, 3.8) is 0 Å². The largest absolute Gasteiger partial charge is 0.362 e. The number of halogens is 1. The Morgan fingerprint density at radius 2 is 1.90 bits per heavy atom. The lowest BCUT2D eigenvalue weighted by molar-refractivity contribution is 0.269. The Balaban J connectivity index is 1.90. The molecule has 108 valence electrons. The molecule has 2 nitrogen and oxygen atoms in total. The molecule has 0 saturated carbocycles. The van der Waals surface area contributed by atoms with E-state index in [1.165, 1.54) is 22.4 Å². The summed E-state index contributed by atoms with van der Waals surface area (Å²) in [6.07, 6.45) is 0.975. The summed E-state index contributed by atoms with van der Waals surface area (Å²) in [5.41, 5.74) is 5.61. The van der Waals surface area contributed by atoms with Crippen LogP contribution in [0.4, 0.5) is 5.69 Å². The number of piperazine rings is 1. The summed E-state index contributed by atoms with van der Waals surface area (Å²) in [5.74, 6) is 0. The molecule has 1 atom stereocenters. The molecule has 4 rings (SSSR count). The number of rotatable bonds is 0. The van der Waals surface area contributed by atoms with Gasteiger partial charge in [-0.3, -0.25) is 0 Å². The number of hydrogen-bond donors (Lipinski definition) is 0. The predicted octanol–water partition coefficient (Wildman–Crippen LogP) is 3.74. The quantitative estimate of drug-likeness (QED) is 0.731. The maximum Gasteiger partial charge on any atom is 0.0672 e. The Bertz CT molecular complexity index is 683. The number of benzene rings is 2. The van der Waals surface area contributed by atoms with Crippen molar-refractivity contribution in [1.29, 1.82) is 0 Å². The molecule has 0 aliphatic carbocycles. The first-order chi connectivity index (χ1) is 10.2. The van der Waals surface area contributed by atoms with E-state index in [0.29, 0.717) is 6.04 Å². The number of fused-ring (bicyclic) bond motifs is 5. The van der Waals surface area contributed by atoms with Gasteiger partial charge in [-0.2, -0.15) is 0 Å². The van der Waals surface area contributed by atoms with Gasteiger partial charge in [-0.25, -0.2) is 0 Å². The molecule has 2 aromatic carbocycles. The van der Waals surface area contributed by atoms with Crippen molar-refractivity contribution in [2.24, 2.45) is 0 Å². The second kappa shape index (κ2) is 5.04. The van der Waals surface area contributed by atoms with Gasteiger partial charge >= 0.3 is 0 Å². The van der Waals surface area contributed by atoms with E-state index >= 15 is 0 Å². The van der Waals surface area contributed by atoms with Gasteiger partial charge in [0.25, 0.3) is 0 Å². The van der Waals surface area contributed by atoms with Crippen LogP contribution in [-0.4, -0.2) is 31.6 Å². The zero-order valence-corrected chi connectivity index (χ0v) is 13.0. The second-order valence-electron chi connectivity index (χ2n) is 6.12. The summed E-state index contributed by atoms with van der Waals surface area (Å²) < 4.78 is 0. The van der Waals surface area contributed by atoms with Crippen LogP contribution in [0.1, 0.15) is 22.7 Å². The van der Waals surface area contributed by atoms with Crippen molar-refractivity contribution >= 4 is 17.3 Å². The highest BCUT2D eigenvalue weighted by atomic mass is 35.5. The van der Waals surface area contributed by atoms with E-state index in [2.05, 4.69) is 53.2 Å². The average Bonchev–Trinajstić information content (AvgIpc) is 2.61. The number of likely N-dealkylation sites (N-methyl/N-ethyl adjacent to an activating group) is 1. The van der Waals surface area contributed by atoms with Gasteiger partial charge in [-0.15, -0.1) is 0 Å². The normalized spacial score (nSPS) is 21.2. The van der Waals surface area contributed by atoms with Crippen LogP contribution in [0.5, 0.6) is 0 Å². The molecule has 1 fully saturated rings. The van der Waals surface area contributed by atoms with Crippen molar-refractivity contribution in [2.75, 3.05) is 31.6 Å². The molecule has 0 radical (unpaired) electrons. The molecular weight excluding hydrogens is 280 g/mol. The summed E-state index contributed by atoms with van der Waals surface area (Å²) in [6.45, 7) is 3.27. The van der Waals surface area contributed by atoms with Gasteiger partial charge in [0.1, 0.15) is 0 Å². The highest BCUT2D eigenvalue weighted by molar-refractivity contribution is 6.30. The minimum atomic E-state index is 0.447. The fraction of sp³-hybridized carbons (Fsp3) is 0.333. The molecule has 2 aromatic rings. The second-order valence-corrected chi connectivity index (χ2v) is 6.56. The maximum absolute atomic E-state index is 6.23. The van der Waals surface area contributed by atoms with Crippen LogP contribution in [0, 0.1) is 0 Å². The van der Waals surface area contributed by atoms with Crippen molar-refractivity contribution < 1.29 is 0 Å². The van der Waals surface area contributed by atoms with Crippen molar-refractivity contribution in [3.05, 3.63) is 64.2 Å². The molecule has 3 heteroatoms. The van der Waals surface area contributed by atoms with Crippen LogP contribution < -0.4 is 4.90 Å². The predicted molar refractivity (Wildman–Crippen MR) is 88.3 cm³/mol. The molecule has 0 N–H and O–H groups in total. The topological polar surface area (TPSA) is 6.48 Å². The monoisotopic (exact) mass is 298 g/mol. The third-order valence-electron chi connectivity index (χ3n) is 4.73. The van der Waals surface area contributed by atoms with E-state index in [0.717, 1.165) is 31.1 Å². The first kappa shape index (κ1) is 13.2. The first-order valence-electron chi connectivity index (χ1n) is 7.54. The van der Waals surface area contributed by atoms with Gasteiger partial charge in [-0.05, 0) is 48.4 Å². The van der Waals surface area contributed by atoms with Crippen LogP contribution in [0.3, 0.4) is 0 Å². The third kappa shape index (κ3) is 2.23. The summed E-state index contributed by atoms with van der Waals surface area (Å²) in [5, 5.41) is 0.832. The van der Waals surface area contributed by atoms with Gasteiger partial charge in [0.05, 0.1) is 6.04 Å². The van der Waals surface area contributed by atoms with Crippen LogP contribution >= 0.6 is 11.6 Å². The lowest BCUT2D eigenvalue weighted by atomic mass is 9.96. The fourth-order valence-corrected chi connectivity index (χ4v) is 3.87. The number of hydrogen-bond acceptors (Lipinski definition) is 2. The third-order valence-corrected chi connectivity index (χ3v) is 4.96. The molecule has 0 bridgehead atoms. The minimum Gasteiger partial charge on any atom is -0.362 e. The molecule has 0 aromatic heterocycles. The molecule has 2 aliphatic rings. The number of anilines is 1. The van der Waals surface area contributed by atoms with Gasteiger partial charge in [-0.1, -0.05) is 35.9 Å². The average molecular weight is 299 g/mol. The zero-order valence-electron chi connectivity index (χ0n) is 12.2. The van der Waals surface area contributed by atoms with Gasteiger partial charge in [0, 0.05) is 30.3 Å². The van der Waals surface area contributed by atoms with E-state index in [9.17, 15) is 0 Å². The highest BCUT2D eigenvalue weighted by Crippen LogP contribution is 2.39. The zero-order chi connectivity index (χ0) is 14.4. The van der Waals surface area contributed by atoms with Crippen LogP contribution in [-0.2, 0) is 6.42 Å². The standard InChI is InChI=1S/C18H19ClN2/c1-20-8-9-21-17-7-6-15(19)11-14(17)10-13-4-2-3-5-16(13)18(21)12-20/h2-7,11,18H,8-10,12H2,1H3. The minimum absolute atomic E-state index is 0.447. The van der Waals surface area contributed by atoms with Gasteiger partial charge in [0.2, 0.25) is 0 Å². The van der Waals surface area contributed by atoms with Crippen LogP contribution in [0.15, 0.2) is 42.5 Å². The maximum atomic E-state index is 6.23. The van der Waals surface area contributed by atoms with E-state index < -0.39 is 0 Å². The van der Waals surface area contributed by atoms with E-state index in [1.54, 1.807) is 0 Å². The highest BCUT2D eigenvalue weighted by Gasteiger charge is 2.31. The van der Waals surface area contributed by atoms with Gasteiger partial charge in [0.15, 0.2) is 0 Å².